The van der Waals surface area contributed by atoms with Crippen molar-refractivity contribution in [3.8, 4) is 17.0 Å². The van der Waals surface area contributed by atoms with Gasteiger partial charge in [0.1, 0.15) is 5.75 Å². The molecule has 2 N–H and O–H groups in total. The molecule has 0 spiro atoms. The number of nitrogens with two attached hydrogens (primary N) is 1. The highest BCUT2D eigenvalue weighted by Gasteiger charge is 2.27. The smallest absolute Gasteiger partial charge is 0.118 e. The maximum atomic E-state index is 6.23. The quantitative estimate of drug-likeness (QED) is 0.668. The number of hydrogen-bond acceptors (Lipinski definition) is 4. The molecule has 0 bridgehead atoms. The molecule has 1 saturated heterocycles. The van der Waals surface area contributed by atoms with Crippen LogP contribution in [0.15, 0.2) is 60.8 Å². The molecule has 0 amide bonds. The average molecular weight is 413 g/mol. The SMILES string of the molecule is COc1ccc(-c2nn(Cc3ccccc3)cc2CN2CC(C)C(N)C2)cc1.Cl. The van der Waals surface area contributed by atoms with Crippen LogP contribution in [0.1, 0.15) is 18.1 Å². The van der Waals surface area contributed by atoms with Crippen LogP contribution in [-0.4, -0.2) is 40.9 Å². The van der Waals surface area contributed by atoms with Gasteiger partial charge >= 0.3 is 0 Å². The zero-order valence-corrected chi connectivity index (χ0v) is 17.8. The molecule has 6 heteroatoms. The van der Waals surface area contributed by atoms with E-state index in [1.54, 1.807) is 7.11 Å². The Hall–Kier alpha value is -2.34. The molecule has 0 radical (unpaired) electrons. The van der Waals surface area contributed by atoms with Crippen molar-refractivity contribution in [2.24, 2.45) is 11.7 Å². The van der Waals surface area contributed by atoms with E-state index in [0.717, 1.165) is 43.2 Å². The van der Waals surface area contributed by atoms with Crippen molar-refractivity contribution >= 4 is 12.4 Å². The Kier molecular flexibility index (Phi) is 6.96. The molecule has 2 aromatic carbocycles. The molecule has 0 saturated carbocycles. The summed E-state index contributed by atoms with van der Waals surface area (Å²) in [5.74, 6) is 1.39. The summed E-state index contributed by atoms with van der Waals surface area (Å²) in [4.78, 5) is 2.44. The van der Waals surface area contributed by atoms with Gasteiger partial charge in [-0.1, -0.05) is 37.3 Å². The number of nitrogens with zero attached hydrogens (tertiary/aromatic N) is 3. The molecule has 29 heavy (non-hydrogen) atoms. The average Bonchev–Trinajstić information content (AvgIpc) is 3.25. The lowest BCUT2D eigenvalue weighted by Gasteiger charge is -2.15. The fourth-order valence-corrected chi connectivity index (χ4v) is 3.89. The Bertz CT molecular complexity index is 900. The highest BCUT2D eigenvalue weighted by Crippen LogP contribution is 2.27. The van der Waals surface area contributed by atoms with Crippen LogP contribution in [0, 0.1) is 5.92 Å². The van der Waals surface area contributed by atoms with E-state index in [2.05, 4.69) is 54.4 Å². The number of hydrogen-bond donors (Lipinski definition) is 1. The van der Waals surface area contributed by atoms with Gasteiger partial charge in [-0.2, -0.15) is 5.10 Å². The minimum Gasteiger partial charge on any atom is -0.497 e. The molecule has 4 rings (SSSR count). The number of halogens is 1. The van der Waals surface area contributed by atoms with Crippen LogP contribution < -0.4 is 10.5 Å². The zero-order chi connectivity index (χ0) is 19.5. The highest BCUT2D eigenvalue weighted by atomic mass is 35.5. The van der Waals surface area contributed by atoms with Crippen molar-refractivity contribution in [3.63, 3.8) is 0 Å². The fraction of sp³-hybridized carbons (Fsp3) is 0.348. The van der Waals surface area contributed by atoms with Gasteiger partial charge in [-0.15, -0.1) is 12.4 Å². The summed E-state index contributed by atoms with van der Waals surface area (Å²) in [5, 5.41) is 4.93. The van der Waals surface area contributed by atoms with Crippen molar-refractivity contribution in [1.29, 1.82) is 0 Å². The van der Waals surface area contributed by atoms with E-state index in [1.165, 1.54) is 11.1 Å². The fourth-order valence-electron chi connectivity index (χ4n) is 3.89. The monoisotopic (exact) mass is 412 g/mol. The Morgan fingerprint density at radius 3 is 2.38 bits per heavy atom. The normalized spacial score (nSPS) is 19.1. The first-order chi connectivity index (χ1) is 13.6. The van der Waals surface area contributed by atoms with Crippen molar-refractivity contribution in [2.75, 3.05) is 20.2 Å². The molecule has 1 aliphatic rings. The van der Waals surface area contributed by atoms with Gasteiger partial charge in [0.05, 0.1) is 19.3 Å². The van der Waals surface area contributed by atoms with E-state index in [9.17, 15) is 0 Å². The van der Waals surface area contributed by atoms with E-state index in [0.29, 0.717) is 5.92 Å². The van der Waals surface area contributed by atoms with Gasteiger partial charge in [-0.25, -0.2) is 0 Å². The Balaban J connectivity index is 0.00000240. The van der Waals surface area contributed by atoms with Crippen molar-refractivity contribution in [2.45, 2.75) is 26.1 Å². The molecular weight excluding hydrogens is 384 g/mol. The van der Waals surface area contributed by atoms with Crippen molar-refractivity contribution < 1.29 is 4.74 Å². The lowest BCUT2D eigenvalue weighted by molar-refractivity contribution is 0.319. The summed E-state index contributed by atoms with van der Waals surface area (Å²) in [6.07, 6.45) is 2.18. The van der Waals surface area contributed by atoms with E-state index < -0.39 is 0 Å². The second kappa shape index (κ2) is 9.44. The maximum Gasteiger partial charge on any atom is 0.118 e. The van der Waals surface area contributed by atoms with Crippen LogP contribution >= 0.6 is 12.4 Å². The van der Waals surface area contributed by atoms with Gasteiger partial charge in [0.25, 0.3) is 0 Å². The number of ether oxygens (including phenoxy) is 1. The number of benzene rings is 2. The third-order valence-corrected chi connectivity index (χ3v) is 5.53. The number of rotatable bonds is 6. The maximum absolute atomic E-state index is 6.23. The van der Waals surface area contributed by atoms with Crippen LogP contribution in [0.5, 0.6) is 5.75 Å². The summed E-state index contributed by atoms with van der Waals surface area (Å²) in [6.45, 7) is 5.84. The lowest BCUT2D eigenvalue weighted by atomic mass is 10.1. The third kappa shape index (κ3) is 4.99. The molecule has 3 aromatic rings. The Morgan fingerprint density at radius 2 is 1.76 bits per heavy atom. The van der Waals surface area contributed by atoms with Crippen LogP contribution in [0.4, 0.5) is 0 Å². The van der Waals surface area contributed by atoms with Gasteiger partial charge in [0.2, 0.25) is 0 Å². The van der Waals surface area contributed by atoms with Crippen molar-refractivity contribution in [1.82, 2.24) is 14.7 Å². The highest BCUT2D eigenvalue weighted by molar-refractivity contribution is 5.85. The van der Waals surface area contributed by atoms with E-state index in [-0.39, 0.29) is 18.4 Å². The molecule has 1 fully saturated rings. The number of methoxy groups -OCH3 is 1. The van der Waals surface area contributed by atoms with Gasteiger partial charge in [-0.3, -0.25) is 9.58 Å². The first-order valence-corrected chi connectivity index (χ1v) is 9.85. The molecule has 154 valence electrons. The van der Waals surface area contributed by atoms with Gasteiger partial charge in [0, 0.05) is 43.0 Å². The second-order valence-corrected chi connectivity index (χ2v) is 7.75. The van der Waals surface area contributed by atoms with E-state index in [4.69, 9.17) is 15.6 Å². The van der Waals surface area contributed by atoms with E-state index >= 15 is 0 Å². The molecule has 2 unspecified atom stereocenters. The Morgan fingerprint density at radius 1 is 1.03 bits per heavy atom. The molecular formula is C23H29ClN4O. The summed E-state index contributed by atoms with van der Waals surface area (Å²) >= 11 is 0. The third-order valence-electron chi connectivity index (χ3n) is 5.53. The largest absolute Gasteiger partial charge is 0.497 e. The molecule has 1 aliphatic heterocycles. The predicted molar refractivity (Wildman–Crippen MR) is 119 cm³/mol. The van der Waals surface area contributed by atoms with Crippen LogP contribution in [-0.2, 0) is 13.1 Å². The van der Waals surface area contributed by atoms with Gasteiger partial charge < -0.3 is 10.5 Å². The summed E-state index contributed by atoms with van der Waals surface area (Å²) in [5.41, 5.74) is 10.9. The van der Waals surface area contributed by atoms with Gasteiger partial charge in [-0.05, 0) is 35.7 Å². The lowest BCUT2D eigenvalue weighted by Crippen LogP contribution is -2.28. The number of likely N-dealkylation sites (tertiary alicyclic amines) is 1. The molecule has 5 nitrogen and oxygen atoms in total. The minimum absolute atomic E-state index is 0. The van der Waals surface area contributed by atoms with E-state index in [1.807, 2.05) is 22.9 Å². The zero-order valence-electron chi connectivity index (χ0n) is 17.0. The Labute approximate surface area is 178 Å². The summed E-state index contributed by atoms with van der Waals surface area (Å²) in [7, 11) is 1.69. The standard InChI is InChI=1S/C23H28N4O.ClH/c1-17-12-26(16-22(17)24)14-20-15-27(13-18-6-4-3-5-7-18)25-23(20)19-8-10-21(28-2)11-9-19;/h3-11,15,17,22H,12-14,16,24H2,1-2H3;1H. The predicted octanol–water partition coefficient (Wildman–Crippen LogP) is 3.81. The summed E-state index contributed by atoms with van der Waals surface area (Å²) in [6, 6.07) is 18.8. The first-order valence-electron chi connectivity index (χ1n) is 9.85. The topological polar surface area (TPSA) is 56.3 Å². The number of aromatic nitrogens is 2. The molecule has 0 aliphatic carbocycles. The van der Waals surface area contributed by atoms with Gasteiger partial charge in [0.15, 0.2) is 0 Å². The molecule has 1 aromatic heterocycles. The van der Waals surface area contributed by atoms with Crippen LogP contribution in [0.25, 0.3) is 11.3 Å². The van der Waals surface area contributed by atoms with Crippen LogP contribution in [0.3, 0.4) is 0 Å². The molecule has 2 atom stereocenters. The summed E-state index contributed by atoms with van der Waals surface area (Å²) < 4.78 is 7.35. The van der Waals surface area contributed by atoms with Crippen molar-refractivity contribution in [3.05, 3.63) is 71.9 Å². The molecule has 2 heterocycles. The first kappa shape index (κ1) is 21.4. The second-order valence-electron chi connectivity index (χ2n) is 7.75. The minimum atomic E-state index is 0. The van der Waals surface area contributed by atoms with Crippen LogP contribution in [0.2, 0.25) is 0 Å².